The van der Waals surface area contributed by atoms with E-state index in [0.29, 0.717) is 17.5 Å². The minimum Gasteiger partial charge on any atom is -0.385 e. The number of aliphatic hydroxyl groups is 1. The summed E-state index contributed by atoms with van der Waals surface area (Å²) in [6, 6.07) is 8.32. The summed E-state index contributed by atoms with van der Waals surface area (Å²) in [6.07, 6.45) is 11.2. The van der Waals surface area contributed by atoms with Gasteiger partial charge >= 0.3 is 0 Å². The molecule has 0 spiro atoms. The number of pyridine rings is 1. The molecule has 2 aromatic heterocycles. The summed E-state index contributed by atoms with van der Waals surface area (Å²) < 4.78 is 13.4. The van der Waals surface area contributed by atoms with Gasteiger partial charge in [-0.3, -0.25) is 15.1 Å². The standard InChI is InChI=1S/C11H8FN3O.C11H16NOP/c12-10-4-2-1-3-9(10)8-5-13-11(14-6-8)15-7-16;1-9-8-12-5-2-10(9)11(13)3-6-14-7-4-11/h1-7H,(H,13,14,15,16);2,5,8,13-14H,3-4,6-7H2,1H3. The highest BCUT2D eigenvalue weighted by Crippen LogP contribution is 2.39. The van der Waals surface area contributed by atoms with Crippen molar-refractivity contribution in [1.29, 1.82) is 0 Å². The van der Waals surface area contributed by atoms with E-state index in [9.17, 15) is 14.3 Å². The van der Waals surface area contributed by atoms with Crippen LogP contribution in [0.2, 0.25) is 0 Å². The molecule has 1 fully saturated rings. The average molecular weight is 426 g/mol. The molecule has 0 saturated carbocycles. The number of aromatic nitrogens is 3. The Bertz CT molecular complexity index is 979. The number of rotatable bonds is 4. The van der Waals surface area contributed by atoms with Crippen molar-refractivity contribution in [2.45, 2.75) is 25.4 Å². The Morgan fingerprint density at radius 3 is 2.47 bits per heavy atom. The number of hydrogen-bond acceptors (Lipinski definition) is 5. The second-order valence-electron chi connectivity index (χ2n) is 7.01. The van der Waals surface area contributed by atoms with Gasteiger partial charge in [0.15, 0.2) is 0 Å². The van der Waals surface area contributed by atoms with Gasteiger partial charge in [0, 0.05) is 35.9 Å². The van der Waals surface area contributed by atoms with Gasteiger partial charge in [-0.05, 0) is 55.3 Å². The average Bonchev–Trinajstić information content (AvgIpc) is 2.76. The lowest BCUT2D eigenvalue weighted by Gasteiger charge is -2.33. The van der Waals surface area contributed by atoms with Crippen LogP contribution in [-0.2, 0) is 10.4 Å². The van der Waals surface area contributed by atoms with E-state index in [1.165, 1.54) is 18.5 Å². The fourth-order valence-electron chi connectivity index (χ4n) is 3.39. The normalized spacial score (nSPS) is 18.9. The van der Waals surface area contributed by atoms with Crippen LogP contribution in [0.4, 0.5) is 10.3 Å². The molecule has 4 rings (SSSR count). The zero-order valence-corrected chi connectivity index (χ0v) is 17.7. The van der Waals surface area contributed by atoms with Crippen LogP contribution in [-0.4, -0.2) is 38.8 Å². The molecule has 6 nitrogen and oxygen atoms in total. The van der Waals surface area contributed by atoms with Gasteiger partial charge in [0.25, 0.3) is 0 Å². The molecule has 3 heterocycles. The second-order valence-corrected chi connectivity index (χ2v) is 8.51. The van der Waals surface area contributed by atoms with Crippen LogP contribution in [0.5, 0.6) is 0 Å². The van der Waals surface area contributed by atoms with Crippen LogP contribution in [0, 0.1) is 12.7 Å². The lowest BCUT2D eigenvalue weighted by Crippen LogP contribution is -2.30. The molecule has 1 saturated heterocycles. The Kier molecular flexibility index (Phi) is 7.55. The maximum Gasteiger partial charge on any atom is 0.229 e. The number of benzene rings is 1. The Balaban J connectivity index is 0.000000172. The van der Waals surface area contributed by atoms with E-state index in [-0.39, 0.29) is 11.8 Å². The number of amides is 1. The van der Waals surface area contributed by atoms with Gasteiger partial charge in [-0.25, -0.2) is 14.4 Å². The van der Waals surface area contributed by atoms with Gasteiger partial charge in [-0.15, -0.1) is 8.58 Å². The van der Waals surface area contributed by atoms with E-state index >= 15 is 0 Å². The predicted molar refractivity (Wildman–Crippen MR) is 117 cm³/mol. The number of carbonyl (C=O) groups is 1. The van der Waals surface area contributed by atoms with Crippen molar-refractivity contribution in [2.75, 3.05) is 17.6 Å². The quantitative estimate of drug-likeness (QED) is 0.488. The number of nitrogens with zero attached hydrogens (tertiary/aromatic N) is 3. The van der Waals surface area contributed by atoms with E-state index in [4.69, 9.17) is 0 Å². The van der Waals surface area contributed by atoms with E-state index in [1.807, 2.05) is 19.2 Å². The van der Waals surface area contributed by atoms with Crippen molar-refractivity contribution in [3.05, 3.63) is 72.1 Å². The highest BCUT2D eigenvalue weighted by atomic mass is 31.1. The monoisotopic (exact) mass is 426 g/mol. The lowest BCUT2D eigenvalue weighted by molar-refractivity contribution is -0.105. The first kappa shape index (κ1) is 21.9. The first-order valence-electron chi connectivity index (χ1n) is 9.65. The number of aryl methyl sites for hydroxylation is 1. The molecule has 1 aromatic carbocycles. The molecule has 30 heavy (non-hydrogen) atoms. The molecule has 3 aromatic rings. The summed E-state index contributed by atoms with van der Waals surface area (Å²) in [6.45, 7) is 2.02. The molecule has 8 heteroatoms. The fraction of sp³-hybridized carbons (Fsp3) is 0.273. The molecule has 2 N–H and O–H groups in total. The Morgan fingerprint density at radius 1 is 1.13 bits per heavy atom. The van der Waals surface area contributed by atoms with E-state index < -0.39 is 5.60 Å². The predicted octanol–water partition coefficient (Wildman–Crippen LogP) is 3.90. The Labute approximate surface area is 176 Å². The molecule has 0 atom stereocenters. The van der Waals surface area contributed by atoms with Crippen molar-refractivity contribution in [3.8, 4) is 11.1 Å². The summed E-state index contributed by atoms with van der Waals surface area (Å²) in [5, 5.41) is 12.8. The molecule has 1 amide bonds. The summed E-state index contributed by atoms with van der Waals surface area (Å²) in [7, 11) is 1.03. The van der Waals surface area contributed by atoms with Gasteiger partial charge in [-0.2, -0.15) is 0 Å². The second kappa shape index (κ2) is 10.3. The molecule has 0 bridgehead atoms. The maximum atomic E-state index is 13.4. The van der Waals surface area contributed by atoms with Crippen molar-refractivity contribution >= 4 is 20.9 Å². The molecule has 156 valence electrons. The summed E-state index contributed by atoms with van der Waals surface area (Å²) in [5.74, 6) is -0.141. The Morgan fingerprint density at radius 2 is 1.83 bits per heavy atom. The summed E-state index contributed by atoms with van der Waals surface area (Å²) in [4.78, 5) is 21.9. The molecule has 0 aliphatic carbocycles. The molecule has 1 aliphatic heterocycles. The summed E-state index contributed by atoms with van der Waals surface area (Å²) in [5.41, 5.74) is 2.62. The van der Waals surface area contributed by atoms with Gasteiger partial charge in [-0.1, -0.05) is 18.2 Å². The van der Waals surface area contributed by atoms with Gasteiger partial charge in [0.1, 0.15) is 5.82 Å². The maximum absolute atomic E-state index is 13.4. The molecule has 0 radical (unpaired) electrons. The zero-order chi connectivity index (χ0) is 21.4. The molecule has 1 aliphatic rings. The third-order valence-electron chi connectivity index (χ3n) is 4.98. The van der Waals surface area contributed by atoms with Gasteiger partial charge in [0.2, 0.25) is 12.4 Å². The van der Waals surface area contributed by atoms with Crippen LogP contribution >= 0.6 is 8.58 Å². The number of hydrogen-bond donors (Lipinski definition) is 2. The van der Waals surface area contributed by atoms with E-state index in [2.05, 4.69) is 20.3 Å². The van der Waals surface area contributed by atoms with Crippen LogP contribution in [0.1, 0.15) is 24.0 Å². The first-order chi connectivity index (χ1) is 14.5. The SMILES string of the molecule is Cc1cnccc1C1(O)CCPCC1.O=CNc1ncc(-c2ccccc2F)cn1. The third-order valence-corrected chi connectivity index (χ3v) is 6.18. The molecular weight excluding hydrogens is 402 g/mol. The van der Waals surface area contributed by atoms with Gasteiger partial charge in [0.05, 0.1) is 5.60 Å². The number of nitrogens with one attached hydrogen (secondary N) is 1. The van der Waals surface area contributed by atoms with Crippen molar-refractivity contribution < 1.29 is 14.3 Å². The lowest BCUT2D eigenvalue weighted by atomic mass is 9.86. The Hall–Kier alpha value is -2.76. The first-order valence-corrected chi connectivity index (χ1v) is 11.1. The third kappa shape index (κ3) is 5.43. The van der Waals surface area contributed by atoms with Gasteiger partial charge < -0.3 is 5.11 Å². The molecule has 0 unspecified atom stereocenters. The van der Waals surface area contributed by atoms with Crippen LogP contribution in [0.3, 0.4) is 0 Å². The minimum absolute atomic E-state index is 0.190. The van der Waals surface area contributed by atoms with Crippen molar-refractivity contribution in [2.24, 2.45) is 0 Å². The van der Waals surface area contributed by atoms with Crippen LogP contribution in [0.15, 0.2) is 55.1 Å². The number of anilines is 1. The van der Waals surface area contributed by atoms with Crippen LogP contribution < -0.4 is 5.32 Å². The number of halogens is 1. The minimum atomic E-state index is -0.571. The van der Waals surface area contributed by atoms with E-state index in [0.717, 1.165) is 44.9 Å². The largest absolute Gasteiger partial charge is 0.385 e. The fourth-order valence-corrected chi connectivity index (χ4v) is 4.83. The van der Waals surface area contributed by atoms with Crippen molar-refractivity contribution in [1.82, 2.24) is 15.0 Å². The highest BCUT2D eigenvalue weighted by Gasteiger charge is 2.32. The number of carbonyl (C=O) groups excluding carboxylic acids is 1. The van der Waals surface area contributed by atoms with E-state index in [1.54, 1.807) is 24.4 Å². The zero-order valence-electron chi connectivity index (χ0n) is 16.7. The summed E-state index contributed by atoms with van der Waals surface area (Å²) >= 11 is 0. The highest BCUT2D eigenvalue weighted by molar-refractivity contribution is 7.38. The van der Waals surface area contributed by atoms with Crippen molar-refractivity contribution in [3.63, 3.8) is 0 Å². The van der Waals surface area contributed by atoms with Crippen LogP contribution in [0.25, 0.3) is 11.1 Å². The smallest absolute Gasteiger partial charge is 0.229 e. The molecular formula is C22H24FN4O2P. The topological polar surface area (TPSA) is 88.0 Å².